The Morgan fingerprint density at radius 1 is 1.00 bits per heavy atom. The zero-order valence-corrected chi connectivity index (χ0v) is 18.9. The average molecular weight is 463 g/mol. The summed E-state index contributed by atoms with van der Waals surface area (Å²) in [6, 6.07) is 20.1. The molecule has 7 nitrogen and oxygen atoms in total. The number of ether oxygens (including phenoxy) is 1. The van der Waals surface area contributed by atoms with Gasteiger partial charge in [-0.15, -0.1) is 0 Å². The van der Waals surface area contributed by atoms with Crippen LogP contribution in [0.25, 0.3) is 18.3 Å². The number of benzene rings is 3. The van der Waals surface area contributed by atoms with Crippen molar-refractivity contribution in [3.05, 3.63) is 105 Å². The van der Waals surface area contributed by atoms with Crippen LogP contribution in [0.1, 0.15) is 11.1 Å². The number of aromatic nitrogens is 2. The van der Waals surface area contributed by atoms with Crippen molar-refractivity contribution >= 4 is 22.8 Å². The Morgan fingerprint density at radius 3 is 2.36 bits per heavy atom. The van der Waals surface area contributed by atoms with Gasteiger partial charge in [0.1, 0.15) is 16.4 Å². The Labute approximate surface area is 191 Å². The summed E-state index contributed by atoms with van der Waals surface area (Å²) in [6.45, 7) is 5.79. The van der Waals surface area contributed by atoms with Gasteiger partial charge in [-0.2, -0.15) is 8.42 Å². The number of aryl methyl sites for hydroxylation is 1. The Morgan fingerprint density at radius 2 is 1.70 bits per heavy atom. The molecule has 1 heterocycles. The van der Waals surface area contributed by atoms with Crippen molar-refractivity contribution in [2.45, 2.75) is 11.8 Å². The van der Waals surface area contributed by atoms with Crippen molar-refractivity contribution in [1.29, 1.82) is 0 Å². The third kappa shape index (κ3) is 4.61. The molecule has 8 heteroatoms. The molecule has 0 fully saturated rings. The highest BCUT2D eigenvalue weighted by atomic mass is 32.2. The number of H-pyrrole nitrogens is 1. The summed E-state index contributed by atoms with van der Waals surface area (Å²) in [5, 5.41) is 3.59. The second-order valence-electron chi connectivity index (χ2n) is 7.38. The van der Waals surface area contributed by atoms with E-state index in [9.17, 15) is 13.2 Å². The molecule has 0 bridgehead atoms. The number of para-hydroxylation sites is 1. The summed E-state index contributed by atoms with van der Waals surface area (Å²) in [5.41, 5.74) is 1.60. The van der Waals surface area contributed by atoms with Crippen molar-refractivity contribution in [1.82, 2.24) is 9.78 Å². The second-order valence-corrected chi connectivity index (χ2v) is 8.93. The molecule has 0 aliphatic carbocycles. The molecule has 1 aromatic heterocycles. The van der Waals surface area contributed by atoms with Crippen molar-refractivity contribution in [3.8, 4) is 17.2 Å². The van der Waals surface area contributed by atoms with Gasteiger partial charge in [0.25, 0.3) is 5.56 Å². The molecule has 0 amide bonds. The van der Waals surface area contributed by atoms with Gasteiger partial charge in [-0.3, -0.25) is 9.89 Å². The van der Waals surface area contributed by atoms with Crippen LogP contribution >= 0.6 is 0 Å². The molecule has 0 aliphatic rings. The fourth-order valence-corrected chi connectivity index (χ4v) is 4.23. The molecule has 0 saturated carbocycles. The predicted molar refractivity (Wildman–Crippen MR) is 127 cm³/mol. The van der Waals surface area contributed by atoms with Crippen LogP contribution in [-0.2, 0) is 10.1 Å². The van der Waals surface area contributed by atoms with Crippen LogP contribution in [-0.4, -0.2) is 25.3 Å². The summed E-state index contributed by atoms with van der Waals surface area (Å²) in [6.07, 6.45) is 1.53. The lowest BCUT2D eigenvalue weighted by Gasteiger charge is -2.11. The molecule has 4 rings (SSSR count). The number of aromatic amines is 1. The van der Waals surface area contributed by atoms with E-state index in [1.165, 1.54) is 36.1 Å². The first-order chi connectivity index (χ1) is 15.8. The van der Waals surface area contributed by atoms with E-state index in [-0.39, 0.29) is 21.4 Å². The molecule has 0 spiro atoms. The third-order valence-corrected chi connectivity index (χ3v) is 6.29. The fourth-order valence-electron chi connectivity index (χ4n) is 3.27. The number of methoxy groups -OCH3 is 1. The minimum Gasteiger partial charge on any atom is -0.497 e. The first-order valence-electron chi connectivity index (χ1n) is 10.0. The zero-order valence-electron chi connectivity index (χ0n) is 18.1. The zero-order chi connectivity index (χ0) is 23.6. The highest BCUT2D eigenvalue weighted by molar-refractivity contribution is 7.87. The Hall–Kier alpha value is -4.04. The summed E-state index contributed by atoms with van der Waals surface area (Å²) < 4.78 is 37.8. The van der Waals surface area contributed by atoms with E-state index < -0.39 is 10.1 Å². The Balaban J connectivity index is 1.83. The summed E-state index contributed by atoms with van der Waals surface area (Å²) in [7, 11) is -2.60. The van der Waals surface area contributed by atoms with Crippen molar-refractivity contribution in [2.24, 2.45) is 0 Å². The molecule has 4 aromatic rings. The first kappa shape index (κ1) is 22.2. The van der Waals surface area contributed by atoms with E-state index in [0.29, 0.717) is 22.3 Å². The maximum Gasteiger partial charge on any atom is 0.339 e. The van der Waals surface area contributed by atoms with Gasteiger partial charge in [0, 0.05) is 5.56 Å². The fraction of sp³-hybridized carbons (Fsp3) is 0.0800. The van der Waals surface area contributed by atoms with Crippen LogP contribution in [0, 0.1) is 6.92 Å². The second kappa shape index (κ2) is 8.84. The van der Waals surface area contributed by atoms with Crippen LogP contribution in [0.15, 0.2) is 82.5 Å². The first-order valence-corrected chi connectivity index (χ1v) is 11.5. The van der Waals surface area contributed by atoms with Crippen LogP contribution in [0.3, 0.4) is 0 Å². The molecule has 168 valence electrons. The molecule has 33 heavy (non-hydrogen) atoms. The van der Waals surface area contributed by atoms with E-state index in [1.54, 1.807) is 36.4 Å². The molecule has 0 unspecified atom stereocenters. The maximum absolute atomic E-state index is 13.1. The quantitative estimate of drug-likeness (QED) is 0.445. The lowest BCUT2D eigenvalue weighted by molar-refractivity contribution is 0.413. The monoisotopic (exact) mass is 462 g/mol. The molecule has 0 atom stereocenters. The molecular formula is C25H22N2O5S. The van der Waals surface area contributed by atoms with Crippen molar-refractivity contribution < 1.29 is 17.3 Å². The van der Waals surface area contributed by atoms with E-state index in [1.807, 2.05) is 25.1 Å². The normalized spacial score (nSPS) is 12.0. The predicted octanol–water partition coefficient (Wildman–Crippen LogP) is 2.49. The van der Waals surface area contributed by atoms with Gasteiger partial charge >= 0.3 is 10.1 Å². The maximum atomic E-state index is 13.1. The highest BCUT2D eigenvalue weighted by Crippen LogP contribution is 2.27. The molecule has 3 aromatic carbocycles. The number of nitrogens with one attached hydrogen (secondary N) is 1. The van der Waals surface area contributed by atoms with E-state index in [0.717, 1.165) is 5.56 Å². The van der Waals surface area contributed by atoms with Gasteiger partial charge in [0.15, 0.2) is 0 Å². The summed E-state index contributed by atoms with van der Waals surface area (Å²) in [4.78, 5) is 13.1. The third-order valence-electron chi connectivity index (χ3n) is 5.05. The number of rotatable bonds is 6. The molecule has 0 aliphatic heterocycles. The average Bonchev–Trinajstić information content (AvgIpc) is 3.09. The summed E-state index contributed by atoms with van der Waals surface area (Å²) in [5.74, 6) is 0.536. The number of hydrogen-bond acceptors (Lipinski definition) is 5. The molecule has 1 N–H and O–H groups in total. The van der Waals surface area contributed by atoms with Crippen LogP contribution in [0.2, 0.25) is 0 Å². The highest BCUT2D eigenvalue weighted by Gasteiger charge is 2.19. The van der Waals surface area contributed by atoms with Crippen LogP contribution in [0.5, 0.6) is 11.5 Å². The number of hydrogen-bond donors (Lipinski definition) is 1. The van der Waals surface area contributed by atoms with Crippen molar-refractivity contribution in [3.63, 3.8) is 0 Å². The van der Waals surface area contributed by atoms with Gasteiger partial charge in [0.05, 0.1) is 23.4 Å². The smallest absolute Gasteiger partial charge is 0.339 e. The number of nitrogens with zero attached hydrogens (tertiary/aromatic N) is 1. The topological polar surface area (TPSA) is 90.4 Å². The Bertz CT molecular complexity index is 1570. The van der Waals surface area contributed by atoms with Crippen LogP contribution < -0.4 is 25.0 Å². The standard InChI is InChI=1S/C25H22N2O5S/c1-17-9-12-22(13-10-17)33(29,30)32-24-14-11-21(31-3)15-19(24)16-23-18(2)26-27(25(23)28)20-7-5-4-6-8-20/h4-16,26H,2H2,1,3H3/b23-16-. The van der Waals surface area contributed by atoms with Crippen LogP contribution in [0.4, 0.5) is 0 Å². The SMILES string of the molecule is C=c1[nH]n(-c2ccccc2)c(=O)/c1=C\c1cc(OC)ccc1OS(=O)(=O)c1ccc(C)cc1. The lowest BCUT2D eigenvalue weighted by Crippen LogP contribution is -2.34. The van der Waals surface area contributed by atoms with E-state index in [4.69, 9.17) is 8.92 Å². The van der Waals surface area contributed by atoms with E-state index in [2.05, 4.69) is 11.7 Å². The van der Waals surface area contributed by atoms with Gasteiger partial charge in [0.2, 0.25) is 0 Å². The molecule has 0 saturated heterocycles. The Kier molecular flexibility index (Phi) is 5.93. The largest absolute Gasteiger partial charge is 0.497 e. The van der Waals surface area contributed by atoms with Gasteiger partial charge in [-0.1, -0.05) is 42.5 Å². The summed E-state index contributed by atoms with van der Waals surface area (Å²) >= 11 is 0. The molecule has 0 radical (unpaired) electrons. The van der Waals surface area contributed by atoms with Crippen molar-refractivity contribution in [2.75, 3.05) is 7.11 Å². The van der Waals surface area contributed by atoms with Gasteiger partial charge in [-0.05, 0) is 55.5 Å². The minimum atomic E-state index is -4.09. The lowest BCUT2D eigenvalue weighted by atomic mass is 10.1. The molecular weight excluding hydrogens is 440 g/mol. The van der Waals surface area contributed by atoms with E-state index >= 15 is 0 Å². The van der Waals surface area contributed by atoms with Gasteiger partial charge < -0.3 is 8.92 Å². The minimum absolute atomic E-state index is 0.0285. The van der Waals surface area contributed by atoms with Gasteiger partial charge in [-0.25, -0.2) is 4.68 Å².